The van der Waals surface area contributed by atoms with E-state index in [1.165, 1.54) is 36.0 Å². The van der Waals surface area contributed by atoms with Gasteiger partial charge in [0.25, 0.3) is 0 Å². The van der Waals surface area contributed by atoms with Crippen molar-refractivity contribution in [2.24, 2.45) is 0 Å². The molecule has 31 heavy (non-hydrogen) atoms. The second-order valence-corrected chi connectivity index (χ2v) is 8.35. The number of rotatable bonds is 6. The summed E-state index contributed by atoms with van der Waals surface area (Å²) in [4.78, 5) is 24.2. The first-order chi connectivity index (χ1) is 15.0. The zero-order chi connectivity index (χ0) is 21.6. The van der Waals surface area contributed by atoms with Gasteiger partial charge in [-0.3, -0.25) is 10.1 Å². The number of amides is 3. The Morgan fingerprint density at radius 1 is 0.968 bits per heavy atom. The van der Waals surface area contributed by atoms with Crippen LogP contribution in [0.5, 0.6) is 11.5 Å². The van der Waals surface area contributed by atoms with Crippen molar-refractivity contribution in [2.45, 2.75) is 4.34 Å². The molecule has 2 aromatic carbocycles. The fourth-order valence-corrected chi connectivity index (χ4v) is 4.10. The molecule has 0 bridgehead atoms. The third-order valence-electron chi connectivity index (χ3n) is 3.88. The predicted octanol–water partition coefficient (Wildman–Crippen LogP) is 3.82. The summed E-state index contributed by atoms with van der Waals surface area (Å²) in [6.07, 6.45) is 0. The van der Waals surface area contributed by atoms with Gasteiger partial charge in [0.15, 0.2) is 15.8 Å². The lowest BCUT2D eigenvalue weighted by molar-refractivity contribution is -0.113. The van der Waals surface area contributed by atoms with Gasteiger partial charge >= 0.3 is 6.03 Å². The number of urea groups is 1. The number of fused-ring (bicyclic) bond motifs is 1. The van der Waals surface area contributed by atoms with E-state index < -0.39 is 11.8 Å². The highest BCUT2D eigenvalue weighted by atomic mass is 32.2. The summed E-state index contributed by atoms with van der Waals surface area (Å²) in [6, 6.07) is 10.0. The minimum Gasteiger partial charge on any atom is -0.486 e. The minimum absolute atomic E-state index is 0.116. The van der Waals surface area contributed by atoms with Crippen molar-refractivity contribution in [3.63, 3.8) is 0 Å². The molecule has 0 atom stereocenters. The third-order valence-corrected chi connectivity index (χ3v) is 5.85. The Bertz CT molecular complexity index is 1090. The van der Waals surface area contributed by atoms with Crippen LogP contribution in [-0.2, 0) is 4.79 Å². The molecule has 0 saturated carbocycles. The molecule has 160 valence electrons. The van der Waals surface area contributed by atoms with Crippen molar-refractivity contribution < 1.29 is 23.5 Å². The number of benzene rings is 2. The van der Waals surface area contributed by atoms with Gasteiger partial charge in [-0.05, 0) is 36.4 Å². The van der Waals surface area contributed by atoms with Gasteiger partial charge in [-0.15, -0.1) is 10.2 Å². The number of nitrogens with one attached hydrogen (secondary N) is 3. The molecule has 9 nitrogen and oxygen atoms in total. The second-order valence-electron chi connectivity index (χ2n) is 6.15. The van der Waals surface area contributed by atoms with Crippen molar-refractivity contribution >= 4 is 51.5 Å². The SMILES string of the molecule is O=C(CSc1nnc(NC(=O)Nc2ccc(F)cc2)s1)Nc1ccc2c(c1)OCCO2. The molecule has 0 unspecified atom stereocenters. The fourth-order valence-electron chi connectivity index (χ4n) is 2.56. The lowest BCUT2D eigenvalue weighted by Crippen LogP contribution is -2.19. The number of ether oxygens (including phenoxy) is 2. The quantitative estimate of drug-likeness (QED) is 0.378. The molecular weight excluding hydrogens is 445 g/mol. The van der Waals surface area contributed by atoms with Crippen LogP contribution in [0.1, 0.15) is 0 Å². The minimum atomic E-state index is -0.532. The summed E-state index contributed by atoms with van der Waals surface area (Å²) < 4.78 is 24.4. The fraction of sp³-hybridized carbons (Fsp3) is 0.158. The molecule has 12 heteroatoms. The number of hydrogen-bond donors (Lipinski definition) is 3. The van der Waals surface area contributed by atoms with Gasteiger partial charge in [-0.1, -0.05) is 23.1 Å². The van der Waals surface area contributed by atoms with E-state index in [1.807, 2.05) is 0 Å². The van der Waals surface area contributed by atoms with E-state index in [-0.39, 0.29) is 16.8 Å². The molecule has 0 fully saturated rings. The van der Waals surface area contributed by atoms with E-state index in [0.29, 0.717) is 40.4 Å². The Kier molecular flexibility index (Phi) is 6.48. The van der Waals surface area contributed by atoms with Gasteiger partial charge in [0.1, 0.15) is 19.0 Å². The number of carbonyl (C=O) groups is 2. The standard InChI is InChI=1S/C19H16FN5O4S2/c20-11-1-3-12(4-2-11)22-17(27)23-18-24-25-19(31-18)30-10-16(26)21-13-5-6-14-15(9-13)29-8-7-28-14/h1-6,9H,7-8,10H2,(H,21,26)(H2,22,23,24,27). The van der Waals surface area contributed by atoms with Crippen molar-refractivity contribution in [3.05, 3.63) is 48.3 Å². The number of thioether (sulfide) groups is 1. The number of anilines is 3. The van der Waals surface area contributed by atoms with Crippen LogP contribution in [0.3, 0.4) is 0 Å². The third kappa shape index (κ3) is 5.83. The van der Waals surface area contributed by atoms with Crippen LogP contribution in [0.25, 0.3) is 0 Å². The molecule has 0 saturated heterocycles. The van der Waals surface area contributed by atoms with Crippen molar-refractivity contribution in [1.29, 1.82) is 0 Å². The molecule has 1 aromatic heterocycles. The first-order valence-corrected chi connectivity index (χ1v) is 10.8. The summed E-state index contributed by atoms with van der Waals surface area (Å²) in [5.74, 6) is 0.742. The molecular formula is C19H16FN5O4S2. The van der Waals surface area contributed by atoms with E-state index in [1.54, 1.807) is 18.2 Å². The highest BCUT2D eigenvalue weighted by Crippen LogP contribution is 2.33. The maximum Gasteiger partial charge on any atom is 0.325 e. The van der Waals surface area contributed by atoms with Gasteiger partial charge in [-0.25, -0.2) is 9.18 Å². The molecule has 3 N–H and O–H groups in total. The maximum absolute atomic E-state index is 12.9. The van der Waals surface area contributed by atoms with Gasteiger partial charge in [0.05, 0.1) is 5.75 Å². The van der Waals surface area contributed by atoms with Gasteiger partial charge in [-0.2, -0.15) is 0 Å². The highest BCUT2D eigenvalue weighted by molar-refractivity contribution is 8.01. The first kappa shape index (κ1) is 20.9. The number of hydrogen-bond acceptors (Lipinski definition) is 8. The first-order valence-electron chi connectivity index (χ1n) is 9.04. The summed E-state index contributed by atoms with van der Waals surface area (Å²) >= 11 is 2.33. The van der Waals surface area contributed by atoms with E-state index in [9.17, 15) is 14.0 Å². The van der Waals surface area contributed by atoms with E-state index in [0.717, 1.165) is 11.3 Å². The summed E-state index contributed by atoms with van der Waals surface area (Å²) in [5.41, 5.74) is 1.04. The molecule has 1 aliphatic heterocycles. The summed E-state index contributed by atoms with van der Waals surface area (Å²) in [7, 11) is 0. The molecule has 3 amide bonds. The Morgan fingerprint density at radius 3 is 2.52 bits per heavy atom. The Morgan fingerprint density at radius 2 is 1.71 bits per heavy atom. The van der Waals surface area contributed by atoms with Crippen LogP contribution in [0.2, 0.25) is 0 Å². The van der Waals surface area contributed by atoms with Crippen LogP contribution < -0.4 is 25.4 Å². The topological polar surface area (TPSA) is 114 Å². The molecule has 0 radical (unpaired) electrons. The van der Waals surface area contributed by atoms with Gasteiger partial charge in [0, 0.05) is 17.4 Å². The summed E-state index contributed by atoms with van der Waals surface area (Å²) in [5, 5.41) is 16.0. The molecule has 4 rings (SSSR count). The molecule has 0 aliphatic carbocycles. The van der Waals surface area contributed by atoms with Crippen LogP contribution in [0, 0.1) is 5.82 Å². The van der Waals surface area contributed by atoms with Crippen LogP contribution in [0.4, 0.5) is 25.7 Å². The van der Waals surface area contributed by atoms with E-state index in [4.69, 9.17) is 9.47 Å². The summed E-state index contributed by atoms with van der Waals surface area (Å²) in [6.45, 7) is 0.970. The van der Waals surface area contributed by atoms with E-state index in [2.05, 4.69) is 26.1 Å². The zero-order valence-electron chi connectivity index (χ0n) is 15.9. The Labute approximate surface area is 184 Å². The average Bonchev–Trinajstić information content (AvgIpc) is 3.21. The monoisotopic (exact) mass is 461 g/mol. The van der Waals surface area contributed by atoms with Crippen LogP contribution in [-0.4, -0.2) is 41.1 Å². The second kappa shape index (κ2) is 9.62. The number of nitrogens with zero attached hydrogens (tertiary/aromatic N) is 2. The normalized spacial score (nSPS) is 12.2. The average molecular weight is 462 g/mol. The number of aromatic nitrogens is 2. The zero-order valence-corrected chi connectivity index (χ0v) is 17.5. The Hall–Kier alpha value is -3.38. The van der Waals surface area contributed by atoms with Gasteiger partial charge in [0.2, 0.25) is 11.0 Å². The number of halogens is 1. The molecule has 2 heterocycles. The van der Waals surface area contributed by atoms with Crippen LogP contribution >= 0.6 is 23.1 Å². The molecule has 1 aliphatic rings. The van der Waals surface area contributed by atoms with E-state index >= 15 is 0 Å². The largest absolute Gasteiger partial charge is 0.486 e. The van der Waals surface area contributed by atoms with Crippen molar-refractivity contribution in [3.8, 4) is 11.5 Å². The van der Waals surface area contributed by atoms with Gasteiger partial charge < -0.3 is 20.1 Å². The van der Waals surface area contributed by atoms with Crippen molar-refractivity contribution in [2.75, 3.05) is 34.9 Å². The number of carbonyl (C=O) groups excluding carboxylic acids is 2. The molecule has 0 spiro atoms. The maximum atomic E-state index is 12.9. The van der Waals surface area contributed by atoms with Crippen molar-refractivity contribution in [1.82, 2.24) is 10.2 Å². The Balaban J connectivity index is 1.24. The predicted molar refractivity (Wildman–Crippen MR) is 116 cm³/mol. The highest BCUT2D eigenvalue weighted by Gasteiger charge is 2.14. The smallest absolute Gasteiger partial charge is 0.325 e. The lowest BCUT2D eigenvalue weighted by atomic mass is 10.2. The lowest BCUT2D eigenvalue weighted by Gasteiger charge is -2.18. The molecule has 3 aromatic rings. The van der Waals surface area contributed by atoms with Crippen LogP contribution in [0.15, 0.2) is 46.8 Å².